The lowest BCUT2D eigenvalue weighted by Gasteiger charge is -2.14. The van der Waals surface area contributed by atoms with Crippen molar-refractivity contribution in [3.63, 3.8) is 0 Å². The van der Waals surface area contributed by atoms with E-state index in [4.69, 9.17) is 0 Å². The molecule has 0 aliphatic rings. The van der Waals surface area contributed by atoms with Crippen LogP contribution in [0.3, 0.4) is 0 Å². The van der Waals surface area contributed by atoms with E-state index in [1.807, 2.05) is 63.2 Å². The van der Waals surface area contributed by atoms with Crippen LogP contribution in [0.25, 0.3) is 0 Å². The van der Waals surface area contributed by atoms with Crippen LogP contribution in [0, 0.1) is 13.8 Å². The summed E-state index contributed by atoms with van der Waals surface area (Å²) < 4.78 is 0. The molecule has 0 radical (unpaired) electrons. The van der Waals surface area contributed by atoms with Gasteiger partial charge in [-0.25, -0.2) is 0 Å². The van der Waals surface area contributed by atoms with Crippen molar-refractivity contribution in [2.75, 3.05) is 16.4 Å². The van der Waals surface area contributed by atoms with Crippen molar-refractivity contribution in [3.05, 3.63) is 59.2 Å². The van der Waals surface area contributed by atoms with Crippen LogP contribution in [0.2, 0.25) is 0 Å². The van der Waals surface area contributed by atoms with Gasteiger partial charge in [0, 0.05) is 11.4 Å². The molecular weight excluding hydrogens is 344 g/mol. The normalized spacial score (nSPS) is 11.7. The largest absolute Gasteiger partial charge is 0.325 e. The smallest absolute Gasteiger partial charge is 0.237 e. The van der Waals surface area contributed by atoms with Gasteiger partial charge in [-0.15, -0.1) is 11.8 Å². The highest BCUT2D eigenvalue weighted by Crippen LogP contribution is 2.20. The van der Waals surface area contributed by atoms with E-state index < -0.39 is 0 Å². The van der Waals surface area contributed by atoms with Crippen LogP contribution in [0.1, 0.15) is 30.5 Å². The number of rotatable bonds is 7. The van der Waals surface area contributed by atoms with Crippen molar-refractivity contribution in [2.24, 2.45) is 0 Å². The molecule has 2 aromatic rings. The average molecular weight is 371 g/mol. The summed E-state index contributed by atoms with van der Waals surface area (Å²) in [5.41, 5.74) is 5.03. The summed E-state index contributed by atoms with van der Waals surface area (Å²) in [6, 6.07) is 13.6. The van der Waals surface area contributed by atoms with Crippen LogP contribution < -0.4 is 10.6 Å². The molecule has 0 unspecified atom stereocenters. The number of hydrogen-bond donors (Lipinski definition) is 2. The predicted molar refractivity (Wildman–Crippen MR) is 111 cm³/mol. The molecule has 0 spiro atoms. The molecule has 0 aromatic heterocycles. The first-order valence-electron chi connectivity index (χ1n) is 8.78. The van der Waals surface area contributed by atoms with Gasteiger partial charge >= 0.3 is 0 Å². The van der Waals surface area contributed by atoms with Crippen LogP contribution >= 0.6 is 11.8 Å². The number of hydrogen-bond acceptors (Lipinski definition) is 3. The maximum Gasteiger partial charge on any atom is 0.237 e. The number of amides is 2. The summed E-state index contributed by atoms with van der Waals surface area (Å²) in [5.74, 6) is 0.0335. The third-order valence-electron chi connectivity index (χ3n) is 4.34. The molecule has 1 atom stereocenters. The standard InChI is InChI=1S/C21H26N2O2S/c1-5-17-9-11-18(12-10-17)22-20(24)13-26-16(4)21(25)23-19-8-6-7-14(2)15(19)3/h6-12,16H,5,13H2,1-4H3,(H,22,24)(H,23,25)/t16-/m0/s1. The van der Waals surface area contributed by atoms with E-state index in [-0.39, 0.29) is 22.8 Å². The van der Waals surface area contributed by atoms with E-state index in [1.54, 1.807) is 0 Å². The van der Waals surface area contributed by atoms with E-state index in [9.17, 15) is 9.59 Å². The highest BCUT2D eigenvalue weighted by Gasteiger charge is 2.16. The van der Waals surface area contributed by atoms with Gasteiger partial charge in [-0.1, -0.05) is 31.2 Å². The molecule has 5 heteroatoms. The number of anilines is 2. The van der Waals surface area contributed by atoms with Gasteiger partial charge in [-0.2, -0.15) is 0 Å². The van der Waals surface area contributed by atoms with Crippen LogP contribution in [0.15, 0.2) is 42.5 Å². The molecule has 2 rings (SSSR count). The Labute approximate surface area is 159 Å². The van der Waals surface area contributed by atoms with Gasteiger partial charge in [0.15, 0.2) is 0 Å². The monoisotopic (exact) mass is 370 g/mol. The highest BCUT2D eigenvalue weighted by molar-refractivity contribution is 8.01. The number of nitrogens with one attached hydrogen (secondary N) is 2. The highest BCUT2D eigenvalue weighted by atomic mass is 32.2. The number of carbonyl (C=O) groups excluding carboxylic acids is 2. The zero-order valence-corrected chi connectivity index (χ0v) is 16.6. The topological polar surface area (TPSA) is 58.2 Å². The molecule has 0 aliphatic carbocycles. The molecule has 0 heterocycles. The molecule has 2 N–H and O–H groups in total. The van der Waals surface area contributed by atoms with Crippen molar-refractivity contribution in [3.8, 4) is 0 Å². The van der Waals surface area contributed by atoms with Crippen LogP contribution in [-0.2, 0) is 16.0 Å². The Morgan fingerprint density at radius 3 is 2.38 bits per heavy atom. The lowest BCUT2D eigenvalue weighted by atomic mass is 10.1. The van der Waals surface area contributed by atoms with Gasteiger partial charge in [0.2, 0.25) is 11.8 Å². The Kier molecular flexibility index (Phi) is 7.27. The van der Waals surface area contributed by atoms with E-state index >= 15 is 0 Å². The molecule has 0 bridgehead atoms. The molecular formula is C21H26N2O2S. The second-order valence-corrected chi connectivity index (χ2v) is 7.62. The molecule has 26 heavy (non-hydrogen) atoms. The van der Waals surface area contributed by atoms with Crippen LogP contribution in [0.4, 0.5) is 11.4 Å². The second-order valence-electron chi connectivity index (χ2n) is 6.29. The third kappa shape index (κ3) is 5.63. The minimum Gasteiger partial charge on any atom is -0.325 e. The number of aryl methyl sites for hydroxylation is 2. The van der Waals surface area contributed by atoms with Crippen LogP contribution in [-0.4, -0.2) is 22.8 Å². The number of benzene rings is 2. The SMILES string of the molecule is CCc1ccc(NC(=O)CS[C@@H](C)C(=O)Nc2cccc(C)c2C)cc1. The molecule has 138 valence electrons. The fraction of sp³-hybridized carbons (Fsp3) is 0.333. The van der Waals surface area contributed by atoms with E-state index in [0.717, 1.165) is 28.9 Å². The van der Waals surface area contributed by atoms with Gasteiger partial charge in [-0.05, 0) is 62.1 Å². The molecule has 2 aromatic carbocycles. The van der Waals surface area contributed by atoms with Gasteiger partial charge in [-0.3, -0.25) is 9.59 Å². The van der Waals surface area contributed by atoms with Crippen molar-refractivity contribution < 1.29 is 9.59 Å². The number of thioether (sulfide) groups is 1. The van der Waals surface area contributed by atoms with Crippen molar-refractivity contribution in [1.29, 1.82) is 0 Å². The predicted octanol–water partition coefficient (Wildman–Crippen LogP) is 4.56. The van der Waals surface area contributed by atoms with Gasteiger partial charge in [0.25, 0.3) is 0 Å². The third-order valence-corrected chi connectivity index (χ3v) is 5.49. The summed E-state index contributed by atoms with van der Waals surface area (Å²) in [5, 5.41) is 5.49. The van der Waals surface area contributed by atoms with Crippen molar-refractivity contribution >= 4 is 35.0 Å². The van der Waals surface area contributed by atoms with Gasteiger partial charge in [0.1, 0.15) is 0 Å². The molecule has 0 saturated heterocycles. The van der Waals surface area contributed by atoms with E-state index in [0.29, 0.717) is 0 Å². The summed E-state index contributed by atoms with van der Waals surface area (Å²) >= 11 is 1.32. The number of carbonyl (C=O) groups is 2. The van der Waals surface area contributed by atoms with Crippen LogP contribution in [0.5, 0.6) is 0 Å². The first kappa shape index (κ1) is 20.0. The maximum atomic E-state index is 12.4. The second kappa shape index (κ2) is 9.43. The summed E-state index contributed by atoms with van der Waals surface area (Å²) in [6.07, 6.45) is 0.969. The van der Waals surface area contributed by atoms with E-state index in [1.165, 1.54) is 17.3 Å². The first-order valence-corrected chi connectivity index (χ1v) is 9.83. The summed E-state index contributed by atoms with van der Waals surface area (Å²) in [7, 11) is 0. The average Bonchev–Trinajstić information content (AvgIpc) is 2.64. The molecule has 0 saturated carbocycles. The lowest BCUT2D eigenvalue weighted by Crippen LogP contribution is -2.25. The molecule has 0 fully saturated rings. The Morgan fingerprint density at radius 1 is 1.04 bits per heavy atom. The molecule has 0 aliphatic heterocycles. The van der Waals surface area contributed by atoms with Crippen molar-refractivity contribution in [2.45, 2.75) is 39.4 Å². The molecule has 4 nitrogen and oxygen atoms in total. The lowest BCUT2D eigenvalue weighted by molar-refractivity contribution is -0.115. The fourth-order valence-electron chi connectivity index (χ4n) is 2.42. The minimum atomic E-state index is -0.317. The summed E-state index contributed by atoms with van der Waals surface area (Å²) in [4.78, 5) is 24.4. The Morgan fingerprint density at radius 2 is 1.73 bits per heavy atom. The Balaban J connectivity index is 1.82. The zero-order valence-electron chi connectivity index (χ0n) is 15.8. The fourth-order valence-corrected chi connectivity index (χ4v) is 3.10. The quantitative estimate of drug-likeness (QED) is 0.751. The zero-order chi connectivity index (χ0) is 19.1. The minimum absolute atomic E-state index is 0.0937. The van der Waals surface area contributed by atoms with E-state index in [2.05, 4.69) is 17.6 Å². The van der Waals surface area contributed by atoms with Crippen molar-refractivity contribution in [1.82, 2.24) is 0 Å². The van der Waals surface area contributed by atoms with Gasteiger partial charge < -0.3 is 10.6 Å². The maximum absolute atomic E-state index is 12.4. The molecule has 2 amide bonds. The summed E-state index contributed by atoms with van der Waals surface area (Å²) in [6.45, 7) is 7.91. The Bertz CT molecular complexity index is 772. The first-order chi connectivity index (χ1) is 12.4. The van der Waals surface area contributed by atoms with Gasteiger partial charge in [0.05, 0.1) is 11.0 Å². The Hall–Kier alpha value is -2.27.